The number of esters is 1. The highest BCUT2D eigenvalue weighted by Crippen LogP contribution is 2.32. The van der Waals surface area contributed by atoms with Crippen LogP contribution in [-0.2, 0) is 52.5 Å². The highest BCUT2D eigenvalue weighted by atomic mass is 32.2. The van der Waals surface area contributed by atoms with Crippen LogP contribution >= 0.6 is 11.8 Å². The molecule has 0 aromatic rings. The molecule has 59 heavy (non-hydrogen) atoms. The van der Waals surface area contributed by atoms with E-state index in [1.54, 1.807) is 11.8 Å². The zero-order valence-corrected chi connectivity index (χ0v) is 34.3. The largest absolute Gasteiger partial charge is 0.457 e. The fourth-order valence-corrected chi connectivity index (χ4v) is 8.41. The smallest absolute Gasteiger partial charge is 0.376 e. The third-order valence-electron chi connectivity index (χ3n) is 10.2. The van der Waals surface area contributed by atoms with Crippen LogP contribution in [0.2, 0.25) is 0 Å². The van der Waals surface area contributed by atoms with Gasteiger partial charge in [-0.25, -0.2) is 4.79 Å². The van der Waals surface area contributed by atoms with E-state index in [0.717, 1.165) is 19.3 Å². The normalized spacial score (nSPS) is 25.4. The van der Waals surface area contributed by atoms with Gasteiger partial charge in [-0.05, 0) is 44.9 Å². The molecule has 2 fully saturated rings. The molecule has 2 saturated heterocycles. The lowest BCUT2D eigenvalue weighted by Crippen LogP contribution is -2.57. The van der Waals surface area contributed by atoms with E-state index in [2.05, 4.69) is 27.3 Å². The molecule has 8 atom stereocenters. The number of unbranched alkanes of at least 4 members (excludes halogenated alkanes) is 1. The molecule has 0 aromatic heterocycles. The minimum absolute atomic E-state index is 0.0387. The summed E-state index contributed by atoms with van der Waals surface area (Å²) in [5, 5.41) is 50.0. The van der Waals surface area contributed by atoms with E-state index in [1.165, 1.54) is 0 Å². The fraction of sp³-hybridized carbons (Fsp3) is 0.769. The number of carbonyl (C=O) groups excluding carboxylic acids is 7. The molecule has 0 spiro atoms. The molecule has 2 aliphatic heterocycles. The Morgan fingerprint density at radius 1 is 0.780 bits per heavy atom. The van der Waals surface area contributed by atoms with Crippen LogP contribution in [0.1, 0.15) is 64.2 Å². The molecule has 334 valence electrons. The minimum Gasteiger partial charge on any atom is -0.457 e. The predicted molar refractivity (Wildman–Crippen MR) is 212 cm³/mol. The zero-order chi connectivity index (χ0) is 43.0. The zero-order valence-electron chi connectivity index (χ0n) is 33.5. The van der Waals surface area contributed by atoms with Crippen molar-refractivity contribution in [3.8, 4) is 0 Å². The monoisotopic (exact) mass is 858 g/mol. The molecule has 2 heterocycles. The van der Waals surface area contributed by atoms with Gasteiger partial charge in [0.2, 0.25) is 17.5 Å². The van der Waals surface area contributed by atoms with Crippen molar-refractivity contribution in [3.63, 3.8) is 0 Å². The van der Waals surface area contributed by atoms with Crippen LogP contribution in [0, 0.1) is 0 Å². The van der Waals surface area contributed by atoms with Crippen LogP contribution in [0.5, 0.6) is 0 Å². The molecule has 1 amide bonds. The van der Waals surface area contributed by atoms with E-state index in [1.807, 2.05) is 6.08 Å². The summed E-state index contributed by atoms with van der Waals surface area (Å²) in [4.78, 5) is 87.3. The van der Waals surface area contributed by atoms with E-state index in [9.17, 15) is 54.0 Å². The number of hydrogen-bond acceptors (Lipinski definition) is 19. The quantitative estimate of drug-likeness (QED) is 0.0183. The van der Waals surface area contributed by atoms with Crippen molar-refractivity contribution in [2.24, 2.45) is 0 Å². The van der Waals surface area contributed by atoms with Crippen molar-refractivity contribution >= 4 is 52.6 Å². The number of hydrogen-bond donors (Lipinski definition) is 8. The summed E-state index contributed by atoms with van der Waals surface area (Å²) < 4.78 is 21.7. The first-order chi connectivity index (χ1) is 28.5. The van der Waals surface area contributed by atoms with Crippen molar-refractivity contribution in [1.29, 1.82) is 0 Å². The first-order valence-electron chi connectivity index (χ1n) is 20.4. The summed E-state index contributed by atoms with van der Waals surface area (Å²) in [6.45, 7) is -1.07. The van der Waals surface area contributed by atoms with E-state index < -0.39 is 97.4 Å². The molecular formula is C39H62N4O15S. The SMILES string of the molecule is O=C(CCCC[C@@H]1SC[C@@H]2N[C@@H](CO)C(=O)C(=O)C(=O)[C@H](CO)NC21)N[C@@H](CO)C(=O)CCOCCOCCOCCN[C@@H](CO)C(=O)C(=O)O[C@@H]1CC/C=C/CCC1. The Hall–Kier alpha value is -3.02. The maximum Gasteiger partial charge on any atom is 0.376 e. The maximum atomic E-state index is 12.6. The number of aliphatic hydroxyl groups excluding tert-OH is 4. The molecule has 0 bridgehead atoms. The Kier molecular flexibility index (Phi) is 24.3. The Morgan fingerprint density at radius 2 is 1.42 bits per heavy atom. The number of amides is 1. The Labute approximate surface area is 348 Å². The highest BCUT2D eigenvalue weighted by Gasteiger charge is 2.45. The number of ether oxygens (including phenoxy) is 4. The standard InChI is InChI=1S/C39H62N4O15S/c44-20-26(42-33(49)11-7-6-10-32-34-30(24-59-32)41-28(22-46)35(50)38(53)36(51)29(23-47)43-34)31(48)12-14-55-16-18-57-19-17-56-15-13-40-27(21-45)37(52)39(54)58-25-8-4-2-1-3-5-9-25/h1-2,25-30,32,34,40-41,43-47H,3-24H2,(H,42,49)/b2-1+/t25-,26+,27+,28+,29+,30+,32+,34?/m1/s1. The second-order valence-electron chi connectivity index (χ2n) is 14.5. The fourth-order valence-electron chi connectivity index (χ4n) is 6.84. The number of aliphatic hydroxyl groups is 4. The lowest BCUT2D eigenvalue weighted by molar-refractivity contribution is -0.159. The minimum atomic E-state index is -1.27. The molecule has 1 unspecified atom stereocenters. The first-order valence-corrected chi connectivity index (χ1v) is 21.5. The predicted octanol–water partition coefficient (Wildman–Crippen LogP) is -2.54. The highest BCUT2D eigenvalue weighted by molar-refractivity contribution is 8.00. The molecule has 0 radical (unpaired) electrons. The van der Waals surface area contributed by atoms with E-state index >= 15 is 0 Å². The molecule has 20 heteroatoms. The number of ketones is 5. The van der Waals surface area contributed by atoms with E-state index in [-0.39, 0.29) is 76.4 Å². The van der Waals surface area contributed by atoms with Gasteiger partial charge in [-0.2, -0.15) is 11.8 Å². The van der Waals surface area contributed by atoms with Crippen molar-refractivity contribution < 1.29 is 72.9 Å². The molecular weight excluding hydrogens is 797 g/mol. The van der Waals surface area contributed by atoms with Crippen molar-refractivity contribution in [2.75, 3.05) is 78.4 Å². The number of nitrogens with one attached hydrogen (secondary N) is 4. The van der Waals surface area contributed by atoms with E-state index in [4.69, 9.17) is 18.9 Å². The molecule has 0 aromatic carbocycles. The lowest BCUT2D eigenvalue weighted by atomic mass is 9.99. The van der Waals surface area contributed by atoms with Crippen LogP contribution in [0.4, 0.5) is 0 Å². The molecule has 0 saturated carbocycles. The Bertz CT molecular complexity index is 1400. The van der Waals surface area contributed by atoms with Gasteiger partial charge in [-0.3, -0.25) is 39.4 Å². The molecule has 8 N–H and O–H groups in total. The molecule has 19 nitrogen and oxygen atoms in total. The van der Waals surface area contributed by atoms with Crippen molar-refractivity contribution in [2.45, 2.75) is 112 Å². The topological polar surface area (TPSA) is 285 Å². The van der Waals surface area contributed by atoms with Gasteiger partial charge < -0.3 is 50.0 Å². The van der Waals surface area contributed by atoms with Gasteiger partial charge in [0.15, 0.2) is 5.78 Å². The van der Waals surface area contributed by atoms with Crippen LogP contribution in [0.25, 0.3) is 0 Å². The van der Waals surface area contributed by atoms with Gasteiger partial charge in [-0.15, -0.1) is 0 Å². The maximum absolute atomic E-state index is 12.6. The van der Waals surface area contributed by atoms with Crippen LogP contribution in [0.15, 0.2) is 12.2 Å². The number of Topliss-reactive ketones (excluding diaryl/α,β-unsaturated/α-hetero) is 5. The van der Waals surface area contributed by atoms with Gasteiger partial charge in [0.05, 0.1) is 78.2 Å². The third kappa shape index (κ3) is 17.5. The van der Waals surface area contributed by atoms with Crippen LogP contribution < -0.4 is 21.3 Å². The third-order valence-corrected chi connectivity index (χ3v) is 11.7. The molecule has 3 rings (SSSR count). The summed E-state index contributed by atoms with van der Waals surface area (Å²) >= 11 is 1.57. The summed E-state index contributed by atoms with van der Waals surface area (Å²) in [7, 11) is 0. The van der Waals surface area contributed by atoms with Gasteiger partial charge in [0, 0.05) is 42.5 Å². The van der Waals surface area contributed by atoms with Crippen molar-refractivity contribution in [3.05, 3.63) is 12.2 Å². The average molecular weight is 859 g/mol. The Balaban J connectivity index is 1.21. The second kappa shape index (κ2) is 28.5. The van der Waals surface area contributed by atoms with E-state index in [0.29, 0.717) is 37.9 Å². The number of fused-ring (bicyclic) bond motifs is 1. The van der Waals surface area contributed by atoms with Gasteiger partial charge in [0.1, 0.15) is 18.2 Å². The average Bonchev–Trinajstić information content (AvgIpc) is 3.61. The number of carbonyl (C=O) groups is 7. The lowest BCUT2D eigenvalue weighted by Gasteiger charge is -2.29. The summed E-state index contributed by atoms with van der Waals surface area (Å²) in [6, 6.07) is -5.40. The van der Waals surface area contributed by atoms with Crippen LogP contribution in [-0.4, -0.2) is 187 Å². The number of allylic oxidation sites excluding steroid dienone is 2. The summed E-state index contributed by atoms with van der Waals surface area (Å²) in [6.07, 6.45) is 9.44. The number of rotatable bonds is 27. The Morgan fingerprint density at radius 3 is 2.10 bits per heavy atom. The molecule has 3 aliphatic rings. The van der Waals surface area contributed by atoms with Crippen LogP contribution in [0.3, 0.4) is 0 Å². The number of thioether (sulfide) groups is 1. The summed E-state index contributed by atoms with van der Waals surface area (Å²) in [5.41, 5.74) is 0. The first kappa shape index (κ1) is 50.3. The van der Waals surface area contributed by atoms with Crippen molar-refractivity contribution in [1.82, 2.24) is 21.3 Å². The van der Waals surface area contributed by atoms with Gasteiger partial charge >= 0.3 is 5.97 Å². The van der Waals surface area contributed by atoms with Gasteiger partial charge in [0.25, 0.3) is 11.6 Å². The van der Waals surface area contributed by atoms with Gasteiger partial charge in [-0.1, -0.05) is 18.6 Å². The molecule has 1 aliphatic carbocycles. The summed E-state index contributed by atoms with van der Waals surface area (Å²) in [5.74, 6) is -5.41. The second-order valence-corrected chi connectivity index (χ2v) is 15.8.